The summed E-state index contributed by atoms with van der Waals surface area (Å²) >= 11 is 0. The largest absolute Gasteiger partial charge is 0.466 e. The van der Waals surface area contributed by atoms with Crippen molar-refractivity contribution in [2.75, 3.05) is 6.61 Å². The molecule has 146 valence electrons. The van der Waals surface area contributed by atoms with E-state index in [1.165, 1.54) is 0 Å². The molecule has 0 bridgehead atoms. The van der Waals surface area contributed by atoms with Crippen molar-refractivity contribution in [1.29, 1.82) is 0 Å². The fourth-order valence-electron chi connectivity index (χ4n) is 2.95. The van der Waals surface area contributed by atoms with Crippen molar-refractivity contribution in [2.24, 2.45) is 0 Å². The Kier molecular flexibility index (Phi) is 9.39. The molecule has 0 aliphatic rings. The number of hydrogen-bond acceptors (Lipinski definition) is 4. The molecule has 4 nitrogen and oxygen atoms in total. The van der Waals surface area contributed by atoms with Crippen LogP contribution in [0.15, 0.2) is 42.5 Å². The van der Waals surface area contributed by atoms with Crippen LogP contribution in [0.3, 0.4) is 0 Å². The lowest BCUT2D eigenvalue weighted by molar-refractivity contribution is -0.143. The topological polar surface area (TPSA) is 52.6 Å². The Balaban J connectivity index is 1.52. The van der Waals surface area contributed by atoms with Crippen molar-refractivity contribution in [1.82, 2.24) is 0 Å². The molecule has 0 unspecified atom stereocenters. The van der Waals surface area contributed by atoms with E-state index in [-0.39, 0.29) is 11.9 Å². The second-order valence-electron chi connectivity index (χ2n) is 6.82. The van der Waals surface area contributed by atoms with Gasteiger partial charge in [-0.1, -0.05) is 62.9 Å². The Morgan fingerprint density at radius 2 is 1.41 bits per heavy atom. The van der Waals surface area contributed by atoms with Gasteiger partial charge in [-0.05, 0) is 42.2 Å². The zero-order valence-corrected chi connectivity index (χ0v) is 16.2. The molecular weight excluding hydrogens is 340 g/mol. The van der Waals surface area contributed by atoms with Gasteiger partial charge in [0.25, 0.3) is 0 Å². The maximum atomic E-state index is 12.0. The highest BCUT2D eigenvalue weighted by Gasteiger charge is 2.06. The van der Waals surface area contributed by atoms with Gasteiger partial charge in [0.2, 0.25) is 0 Å². The third kappa shape index (κ3) is 8.25. The van der Waals surface area contributed by atoms with Crippen molar-refractivity contribution >= 4 is 22.7 Å². The minimum atomic E-state index is -0.177. The van der Waals surface area contributed by atoms with Gasteiger partial charge in [0, 0.05) is 12.8 Å². The lowest BCUT2D eigenvalue weighted by Crippen LogP contribution is -2.07. The highest BCUT2D eigenvalue weighted by atomic mass is 16.5. The minimum Gasteiger partial charge on any atom is -0.466 e. The number of hydrogen-bond donors (Lipinski definition) is 0. The van der Waals surface area contributed by atoms with E-state index in [0.717, 1.165) is 55.7 Å². The van der Waals surface area contributed by atoms with Gasteiger partial charge in [0.05, 0.1) is 6.61 Å². The lowest BCUT2D eigenvalue weighted by atomic mass is 10.1. The first-order valence-corrected chi connectivity index (χ1v) is 10.0. The van der Waals surface area contributed by atoms with Crippen LogP contribution in [0.4, 0.5) is 0 Å². The minimum absolute atomic E-state index is 0.0896. The SMILES string of the molecule is CCCOC(=O)CCCCCCCCC(=O)Oc1ccc2ccccc2c1. The highest BCUT2D eigenvalue weighted by molar-refractivity contribution is 5.84. The number of esters is 2. The van der Waals surface area contributed by atoms with Gasteiger partial charge in [-0.2, -0.15) is 0 Å². The van der Waals surface area contributed by atoms with Crippen LogP contribution in [0.25, 0.3) is 10.8 Å². The Bertz CT molecular complexity index is 723. The quantitative estimate of drug-likeness (QED) is 0.268. The number of unbranched alkanes of at least 4 members (excludes halogenated alkanes) is 5. The molecule has 2 rings (SSSR count). The first-order chi connectivity index (χ1) is 13.2. The zero-order valence-electron chi connectivity index (χ0n) is 16.2. The Morgan fingerprint density at radius 3 is 2.11 bits per heavy atom. The van der Waals surface area contributed by atoms with E-state index in [1.807, 2.05) is 49.4 Å². The van der Waals surface area contributed by atoms with E-state index in [4.69, 9.17) is 9.47 Å². The summed E-state index contributed by atoms with van der Waals surface area (Å²) in [4.78, 5) is 23.3. The summed E-state index contributed by atoms with van der Waals surface area (Å²) in [6.45, 7) is 2.51. The van der Waals surface area contributed by atoms with Crippen LogP contribution in [-0.4, -0.2) is 18.5 Å². The molecule has 27 heavy (non-hydrogen) atoms. The van der Waals surface area contributed by atoms with E-state index in [2.05, 4.69) is 0 Å². The van der Waals surface area contributed by atoms with Crippen LogP contribution < -0.4 is 4.74 Å². The summed E-state index contributed by atoms with van der Waals surface area (Å²) in [5.41, 5.74) is 0. The maximum Gasteiger partial charge on any atom is 0.311 e. The molecular formula is C23H30O4. The Labute approximate surface area is 161 Å². The molecule has 0 amide bonds. The van der Waals surface area contributed by atoms with Crippen molar-refractivity contribution in [2.45, 2.75) is 64.7 Å². The summed E-state index contributed by atoms with van der Waals surface area (Å²) in [6, 6.07) is 13.7. The molecule has 0 atom stereocenters. The van der Waals surface area contributed by atoms with Gasteiger partial charge in [-0.15, -0.1) is 0 Å². The molecule has 0 heterocycles. The van der Waals surface area contributed by atoms with Crippen LogP contribution in [0.2, 0.25) is 0 Å². The molecule has 0 spiro atoms. The molecule has 0 aliphatic heterocycles. The average Bonchev–Trinajstić information content (AvgIpc) is 2.68. The maximum absolute atomic E-state index is 12.0. The number of carbonyl (C=O) groups excluding carboxylic acids is 2. The number of fused-ring (bicyclic) bond motifs is 1. The molecule has 0 aromatic heterocycles. The summed E-state index contributed by atoms with van der Waals surface area (Å²) in [6.07, 6.45) is 7.74. The molecule has 2 aromatic rings. The molecule has 0 aliphatic carbocycles. The van der Waals surface area contributed by atoms with Crippen LogP contribution in [0.5, 0.6) is 5.75 Å². The van der Waals surface area contributed by atoms with Crippen LogP contribution in [0, 0.1) is 0 Å². The van der Waals surface area contributed by atoms with Gasteiger partial charge in [-0.25, -0.2) is 0 Å². The Morgan fingerprint density at radius 1 is 0.778 bits per heavy atom. The number of carbonyl (C=O) groups is 2. The van der Waals surface area contributed by atoms with Crippen molar-refractivity contribution < 1.29 is 19.1 Å². The van der Waals surface area contributed by atoms with Crippen LogP contribution in [0.1, 0.15) is 64.7 Å². The van der Waals surface area contributed by atoms with Crippen molar-refractivity contribution in [3.63, 3.8) is 0 Å². The van der Waals surface area contributed by atoms with Gasteiger partial charge >= 0.3 is 11.9 Å². The predicted octanol–water partition coefficient (Wildman–Crippen LogP) is 5.82. The van der Waals surface area contributed by atoms with Crippen LogP contribution >= 0.6 is 0 Å². The monoisotopic (exact) mass is 370 g/mol. The smallest absolute Gasteiger partial charge is 0.311 e. The first-order valence-electron chi connectivity index (χ1n) is 10.0. The molecule has 0 fully saturated rings. The average molecular weight is 370 g/mol. The lowest BCUT2D eigenvalue weighted by Gasteiger charge is -2.06. The van der Waals surface area contributed by atoms with E-state index in [1.54, 1.807) is 0 Å². The van der Waals surface area contributed by atoms with E-state index >= 15 is 0 Å². The zero-order chi connectivity index (χ0) is 19.3. The van der Waals surface area contributed by atoms with Gasteiger partial charge < -0.3 is 9.47 Å². The third-order valence-electron chi connectivity index (χ3n) is 4.43. The third-order valence-corrected chi connectivity index (χ3v) is 4.43. The van der Waals surface area contributed by atoms with Crippen LogP contribution in [-0.2, 0) is 14.3 Å². The first kappa shape index (κ1) is 20.9. The molecule has 4 heteroatoms. The number of benzene rings is 2. The van der Waals surface area contributed by atoms with E-state index in [9.17, 15) is 9.59 Å². The summed E-state index contributed by atoms with van der Waals surface area (Å²) in [5.74, 6) is 0.339. The molecule has 0 saturated heterocycles. The fraction of sp³-hybridized carbons (Fsp3) is 0.478. The molecule has 0 N–H and O–H groups in total. The number of ether oxygens (including phenoxy) is 2. The second-order valence-corrected chi connectivity index (χ2v) is 6.82. The van der Waals surface area contributed by atoms with Gasteiger partial charge in [0.15, 0.2) is 0 Å². The second kappa shape index (κ2) is 12.1. The standard InChI is InChI=1S/C23H30O4/c1-2-17-26-22(24)13-7-5-3-4-6-8-14-23(25)27-21-16-15-19-11-9-10-12-20(19)18-21/h9-12,15-16,18H,2-8,13-14,17H2,1H3. The highest BCUT2D eigenvalue weighted by Crippen LogP contribution is 2.21. The van der Waals surface area contributed by atoms with Crippen molar-refractivity contribution in [3.05, 3.63) is 42.5 Å². The summed E-state index contributed by atoms with van der Waals surface area (Å²) in [5, 5.41) is 2.21. The van der Waals surface area contributed by atoms with E-state index < -0.39 is 0 Å². The molecule has 2 aromatic carbocycles. The Hall–Kier alpha value is -2.36. The molecule has 0 saturated carbocycles. The molecule has 0 radical (unpaired) electrons. The summed E-state index contributed by atoms with van der Waals surface area (Å²) < 4.78 is 10.5. The predicted molar refractivity (Wildman–Crippen MR) is 108 cm³/mol. The van der Waals surface area contributed by atoms with Gasteiger partial charge in [0.1, 0.15) is 5.75 Å². The summed E-state index contributed by atoms with van der Waals surface area (Å²) in [7, 11) is 0. The number of rotatable bonds is 12. The van der Waals surface area contributed by atoms with E-state index in [0.29, 0.717) is 25.2 Å². The van der Waals surface area contributed by atoms with Gasteiger partial charge in [-0.3, -0.25) is 9.59 Å². The fourth-order valence-corrected chi connectivity index (χ4v) is 2.95. The normalized spacial score (nSPS) is 10.7. The van der Waals surface area contributed by atoms with Crippen molar-refractivity contribution in [3.8, 4) is 5.75 Å².